The molecule has 0 fully saturated rings. The van der Waals surface area contributed by atoms with Crippen molar-refractivity contribution in [2.75, 3.05) is 0 Å². The maximum absolute atomic E-state index is 10.7. The first kappa shape index (κ1) is 17.0. The smallest absolute Gasteiger partial charge is 0.123 e. The van der Waals surface area contributed by atoms with Gasteiger partial charge in [0.25, 0.3) is 0 Å². The highest BCUT2D eigenvalue weighted by Gasteiger charge is 2.26. The van der Waals surface area contributed by atoms with E-state index in [0.29, 0.717) is 5.75 Å². The van der Waals surface area contributed by atoms with Crippen LogP contribution >= 0.6 is 11.8 Å². The van der Waals surface area contributed by atoms with E-state index in [-0.39, 0.29) is 10.8 Å². The number of hydrogen-bond donors (Lipinski definition) is 1. The van der Waals surface area contributed by atoms with Crippen LogP contribution in [0.1, 0.15) is 52.7 Å². The molecule has 117 valence electrons. The van der Waals surface area contributed by atoms with Crippen LogP contribution in [0.5, 0.6) is 5.75 Å². The monoisotopic (exact) mass is 313 g/mol. The number of aromatic hydroxyl groups is 1. The van der Waals surface area contributed by atoms with Crippen molar-refractivity contribution in [1.82, 2.24) is 0 Å². The summed E-state index contributed by atoms with van der Waals surface area (Å²) in [6.45, 7) is 12.8. The van der Waals surface area contributed by atoms with Gasteiger partial charge in [-0.1, -0.05) is 65.4 Å². The first-order valence-corrected chi connectivity index (χ1v) is 8.42. The van der Waals surface area contributed by atoms with Crippen LogP contribution in [0.2, 0.25) is 0 Å². The van der Waals surface area contributed by atoms with E-state index >= 15 is 0 Å². The molecule has 0 aliphatic carbocycles. The van der Waals surface area contributed by atoms with Gasteiger partial charge in [0.2, 0.25) is 0 Å². The Morgan fingerprint density at radius 1 is 0.818 bits per heavy atom. The maximum Gasteiger partial charge on any atom is 0.123 e. The molecule has 2 rings (SSSR count). The predicted molar refractivity (Wildman–Crippen MR) is 94.9 cm³/mol. The Morgan fingerprint density at radius 2 is 1.27 bits per heavy atom. The minimum Gasteiger partial charge on any atom is -0.507 e. The lowest BCUT2D eigenvalue weighted by molar-refractivity contribution is 0.422. The van der Waals surface area contributed by atoms with Gasteiger partial charge in [0.15, 0.2) is 0 Å². The molecular formula is C20H25OS. The SMILES string of the molecule is CC(C)(C)c1cc(Sc2cc[c]cc2)cc(C(C)(C)C)c1O. The van der Waals surface area contributed by atoms with Crippen LogP contribution in [0.15, 0.2) is 46.2 Å². The largest absolute Gasteiger partial charge is 0.507 e. The fraction of sp³-hybridized carbons (Fsp3) is 0.400. The molecule has 1 radical (unpaired) electrons. The minimum atomic E-state index is -0.0921. The van der Waals surface area contributed by atoms with Gasteiger partial charge < -0.3 is 5.11 Å². The van der Waals surface area contributed by atoms with E-state index in [1.807, 2.05) is 12.1 Å². The van der Waals surface area contributed by atoms with Crippen molar-refractivity contribution in [2.45, 2.75) is 62.2 Å². The van der Waals surface area contributed by atoms with Crippen molar-refractivity contribution in [3.05, 3.63) is 53.6 Å². The zero-order chi connectivity index (χ0) is 16.5. The standard InChI is InChI=1S/C20H25OS/c1-19(2,3)16-12-15(22-14-10-8-7-9-11-14)13-17(18(16)21)20(4,5)6/h8-13,21H,1-6H3. The molecule has 0 spiro atoms. The van der Waals surface area contributed by atoms with Crippen LogP contribution in [0.3, 0.4) is 0 Å². The van der Waals surface area contributed by atoms with Crippen LogP contribution in [0, 0.1) is 6.07 Å². The maximum atomic E-state index is 10.7. The normalized spacial score (nSPS) is 12.5. The zero-order valence-corrected chi connectivity index (χ0v) is 15.1. The Bertz CT molecular complexity index is 611. The first-order valence-electron chi connectivity index (χ1n) is 7.61. The number of hydrogen-bond acceptors (Lipinski definition) is 2. The lowest BCUT2D eigenvalue weighted by atomic mass is 9.79. The van der Waals surface area contributed by atoms with Crippen LogP contribution in [-0.2, 0) is 10.8 Å². The molecule has 2 aromatic carbocycles. The highest BCUT2D eigenvalue weighted by atomic mass is 32.2. The van der Waals surface area contributed by atoms with Gasteiger partial charge in [-0.2, -0.15) is 0 Å². The van der Waals surface area contributed by atoms with Crippen LogP contribution in [-0.4, -0.2) is 5.11 Å². The third kappa shape index (κ3) is 3.86. The van der Waals surface area contributed by atoms with E-state index in [9.17, 15) is 5.11 Å². The van der Waals surface area contributed by atoms with Gasteiger partial charge in [-0.25, -0.2) is 0 Å². The summed E-state index contributed by atoms with van der Waals surface area (Å²) in [5.74, 6) is 0.436. The summed E-state index contributed by atoms with van der Waals surface area (Å²) in [7, 11) is 0. The number of rotatable bonds is 2. The fourth-order valence-electron chi connectivity index (χ4n) is 2.39. The molecule has 0 aliphatic rings. The summed E-state index contributed by atoms with van der Waals surface area (Å²) in [5, 5.41) is 10.7. The number of benzene rings is 2. The van der Waals surface area contributed by atoms with Crippen molar-refractivity contribution >= 4 is 11.8 Å². The lowest BCUT2D eigenvalue weighted by Crippen LogP contribution is -2.17. The van der Waals surface area contributed by atoms with E-state index in [1.165, 1.54) is 9.79 Å². The first-order chi connectivity index (χ1) is 10.1. The third-order valence-corrected chi connectivity index (χ3v) is 4.60. The summed E-state index contributed by atoms with van der Waals surface area (Å²) in [6.07, 6.45) is 0. The molecule has 0 bridgehead atoms. The van der Waals surface area contributed by atoms with E-state index in [1.54, 1.807) is 11.8 Å². The van der Waals surface area contributed by atoms with Gasteiger partial charge >= 0.3 is 0 Å². The third-order valence-electron chi connectivity index (χ3n) is 3.62. The van der Waals surface area contributed by atoms with Gasteiger partial charge in [-0.15, -0.1) is 0 Å². The molecule has 0 aliphatic heterocycles. The Balaban J connectivity index is 2.56. The summed E-state index contributed by atoms with van der Waals surface area (Å²) in [6, 6.07) is 15.3. The van der Waals surface area contributed by atoms with Crippen LogP contribution in [0.4, 0.5) is 0 Å². The molecule has 22 heavy (non-hydrogen) atoms. The van der Waals surface area contributed by atoms with Gasteiger partial charge in [0, 0.05) is 20.9 Å². The second-order valence-electron chi connectivity index (χ2n) is 7.70. The molecule has 2 aromatic rings. The molecule has 0 unspecified atom stereocenters. The molecule has 0 atom stereocenters. The molecule has 0 heterocycles. The molecule has 0 saturated carbocycles. The quantitative estimate of drug-likeness (QED) is 0.740. The number of phenolic OH excluding ortho intramolecular Hbond substituents is 1. The average Bonchev–Trinajstić information content (AvgIpc) is 2.39. The van der Waals surface area contributed by atoms with Crippen molar-refractivity contribution in [2.24, 2.45) is 0 Å². The Kier molecular flexibility index (Phi) is 4.62. The summed E-state index contributed by atoms with van der Waals surface area (Å²) < 4.78 is 0. The van der Waals surface area contributed by atoms with E-state index in [0.717, 1.165) is 11.1 Å². The Morgan fingerprint density at radius 3 is 1.68 bits per heavy atom. The Hall–Kier alpha value is -1.41. The van der Waals surface area contributed by atoms with Gasteiger partial charge in [-0.3, -0.25) is 0 Å². The van der Waals surface area contributed by atoms with Crippen molar-refractivity contribution < 1.29 is 5.11 Å². The average molecular weight is 313 g/mol. The fourth-order valence-corrected chi connectivity index (χ4v) is 3.28. The highest BCUT2D eigenvalue weighted by molar-refractivity contribution is 7.99. The second kappa shape index (κ2) is 6.00. The Labute approximate surface area is 138 Å². The molecule has 1 N–H and O–H groups in total. The van der Waals surface area contributed by atoms with Gasteiger partial charge in [0.05, 0.1) is 0 Å². The highest BCUT2D eigenvalue weighted by Crippen LogP contribution is 2.42. The lowest BCUT2D eigenvalue weighted by Gasteiger charge is -2.28. The number of phenols is 1. The molecule has 0 amide bonds. The minimum absolute atomic E-state index is 0.0921. The van der Waals surface area contributed by atoms with E-state index in [2.05, 4.69) is 71.9 Å². The van der Waals surface area contributed by atoms with Crippen LogP contribution in [0.25, 0.3) is 0 Å². The van der Waals surface area contributed by atoms with Crippen molar-refractivity contribution in [1.29, 1.82) is 0 Å². The summed E-state index contributed by atoms with van der Waals surface area (Å²) in [5.41, 5.74) is 1.82. The van der Waals surface area contributed by atoms with E-state index < -0.39 is 0 Å². The van der Waals surface area contributed by atoms with Crippen molar-refractivity contribution in [3.8, 4) is 5.75 Å². The van der Waals surface area contributed by atoms with Gasteiger partial charge in [0.1, 0.15) is 5.75 Å². The molecule has 0 aromatic heterocycles. The predicted octanol–water partition coefficient (Wildman–Crippen LogP) is 5.94. The van der Waals surface area contributed by atoms with Gasteiger partial charge in [-0.05, 0) is 41.2 Å². The second-order valence-corrected chi connectivity index (χ2v) is 8.85. The summed E-state index contributed by atoms with van der Waals surface area (Å²) >= 11 is 1.73. The molecular weight excluding hydrogens is 288 g/mol. The summed E-state index contributed by atoms with van der Waals surface area (Å²) in [4.78, 5) is 2.35. The molecule has 0 saturated heterocycles. The van der Waals surface area contributed by atoms with E-state index in [4.69, 9.17) is 0 Å². The van der Waals surface area contributed by atoms with Crippen molar-refractivity contribution in [3.63, 3.8) is 0 Å². The molecule has 1 nitrogen and oxygen atoms in total. The van der Waals surface area contributed by atoms with Crippen LogP contribution < -0.4 is 0 Å². The zero-order valence-electron chi connectivity index (χ0n) is 14.3. The molecule has 2 heteroatoms. The topological polar surface area (TPSA) is 20.2 Å².